The summed E-state index contributed by atoms with van der Waals surface area (Å²) in [7, 11) is 0. The van der Waals surface area contributed by atoms with Crippen LogP contribution in [0.2, 0.25) is 0 Å². The van der Waals surface area contributed by atoms with Crippen molar-refractivity contribution in [1.82, 2.24) is 0 Å². The number of nitroso groups, excluding NO2 is 1. The van der Waals surface area contributed by atoms with Crippen LogP contribution in [0.25, 0.3) is 0 Å². The van der Waals surface area contributed by atoms with Crippen LogP contribution >= 0.6 is 0 Å². The van der Waals surface area contributed by atoms with Gasteiger partial charge in [0.25, 0.3) is 0 Å². The molecule has 4 heteroatoms. The zero-order chi connectivity index (χ0) is 20.2. The highest BCUT2D eigenvalue weighted by molar-refractivity contribution is 5.19. The predicted molar refractivity (Wildman–Crippen MR) is 114 cm³/mol. The Kier molecular flexibility index (Phi) is 5.23. The van der Waals surface area contributed by atoms with E-state index in [9.17, 15) is 10.0 Å². The van der Waals surface area contributed by atoms with Gasteiger partial charge in [0.15, 0.2) is 0 Å². The molecule has 0 aromatic carbocycles. The van der Waals surface area contributed by atoms with Crippen LogP contribution < -0.4 is 5.73 Å². The first-order chi connectivity index (χ1) is 13.2. The Balaban J connectivity index is 1.56. The molecule has 0 aromatic rings. The van der Waals surface area contributed by atoms with Gasteiger partial charge in [0, 0.05) is 12.1 Å². The third kappa shape index (κ3) is 2.92. The maximum absolute atomic E-state index is 11.5. The minimum absolute atomic E-state index is 0.0215. The van der Waals surface area contributed by atoms with E-state index >= 15 is 0 Å². The number of rotatable bonds is 5. The quantitative estimate of drug-likeness (QED) is 0.486. The highest BCUT2D eigenvalue weighted by Crippen LogP contribution is 2.69. The summed E-state index contributed by atoms with van der Waals surface area (Å²) in [4.78, 5) is 11.5. The molecule has 0 aliphatic heterocycles. The molecule has 4 rings (SSSR count). The van der Waals surface area contributed by atoms with Crippen LogP contribution in [0.3, 0.4) is 0 Å². The van der Waals surface area contributed by atoms with Crippen LogP contribution in [0.5, 0.6) is 0 Å². The zero-order valence-electron chi connectivity index (χ0n) is 18.4. The van der Waals surface area contributed by atoms with E-state index < -0.39 is 0 Å². The number of hydrogen-bond acceptors (Lipinski definition) is 4. The Hall–Kier alpha value is -0.480. The lowest BCUT2D eigenvalue weighted by Gasteiger charge is -2.66. The highest BCUT2D eigenvalue weighted by atomic mass is 16.3. The fourth-order valence-corrected chi connectivity index (χ4v) is 8.81. The molecule has 8 atom stereocenters. The lowest BCUT2D eigenvalue weighted by Crippen LogP contribution is -2.68. The largest absolute Gasteiger partial charge is 0.396 e. The molecule has 4 nitrogen and oxygen atoms in total. The lowest BCUT2D eigenvalue weighted by atomic mass is 9.41. The monoisotopic (exact) mass is 390 g/mol. The smallest absolute Gasteiger partial charge is 0.100 e. The van der Waals surface area contributed by atoms with Crippen LogP contribution in [0, 0.1) is 39.4 Å². The maximum atomic E-state index is 11.5. The van der Waals surface area contributed by atoms with Crippen molar-refractivity contribution in [3.05, 3.63) is 4.91 Å². The van der Waals surface area contributed by atoms with E-state index in [2.05, 4.69) is 25.9 Å². The second kappa shape index (κ2) is 7.04. The molecule has 160 valence electrons. The summed E-state index contributed by atoms with van der Waals surface area (Å²) in [5.41, 5.74) is 7.71. The van der Waals surface area contributed by atoms with Crippen LogP contribution in [-0.4, -0.2) is 22.8 Å². The predicted octanol–water partition coefficient (Wildman–Crippen LogP) is 5.41. The van der Waals surface area contributed by atoms with Gasteiger partial charge in [-0.3, -0.25) is 0 Å². The summed E-state index contributed by atoms with van der Waals surface area (Å²) in [6, 6.07) is 0. The summed E-state index contributed by atoms with van der Waals surface area (Å²) >= 11 is 0. The van der Waals surface area contributed by atoms with Gasteiger partial charge in [0.2, 0.25) is 0 Å². The van der Waals surface area contributed by atoms with E-state index in [1.165, 1.54) is 38.5 Å². The molecular weight excluding hydrogens is 348 g/mol. The molecule has 0 heterocycles. The third-order valence-corrected chi connectivity index (χ3v) is 10.5. The lowest BCUT2D eigenvalue weighted by molar-refractivity contribution is -0.133. The van der Waals surface area contributed by atoms with Gasteiger partial charge in [0.1, 0.15) is 5.54 Å². The normalized spacial score (nSPS) is 53.2. The second-order valence-corrected chi connectivity index (χ2v) is 11.8. The van der Waals surface area contributed by atoms with Crippen molar-refractivity contribution >= 4 is 0 Å². The SMILES string of the molecule is C[C@]1(N=O)CC[C@@]2(C)C(CC[C@]3(N)C2CC[C@@]2(C)C3CC[C@@H]2CCCCO)C1. The van der Waals surface area contributed by atoms with Gasteiger partial charge in [-0.15, -0.1) is 0 Å². The van der Waals surface area contributed by atoms with Crippen molar-refractivity contribution in [1.29, 1.82) is 0 Å². The maximum Gasteiger partial charge on any atom is 0.100 e. The molecule has 28 heavy (non-hydrogen) atoms. The average molecular weight is 391 g/mol. The second-order valence-electron chi connectivity index (χ2n) is 11.8. The van der Waals surface area contributed by atoms with Crippen molar-refractivity contribution in [2.45, 2.75) is 109 Å². The molecule has 0 amide bonds. The molecule has 4 aliphatic rings. The summed E-state index contributed by atoms with van der Waals surface area (Å²) in [6.07, 6.45) is 13.9. The molecular formula is C24H42N2O2. The fraction of sp³-hybridized carbons (Fsp3) is 1.00. The van der Waals surface area contributed by atoms with Crippen molar-refractivity contribution in [2.75, 3.05) is 6.61 Å². The molecule has 0 radical (unpaired) electrons. The third-order valence-electron chi connectivity index (χ3n) is 10.5. The van der Waals surface area contributed by atoms with Gasteiger partial charge < -0.3 is 10.8 Å². The van der Waals surface area contributed by atoms with E-state index in [-0.39, 0.29) is 16.5 Å². The molecule has 3 unspecified atom stereocenters. The first-order valence-electron chi connectivity index (χ1n) is 12.0. The highest BCUT2D eigenvalue weighted by Gasteiger charge is 2.66. The first kappa shape index (κ1) is 20.8. The minimum atomic E-state index is -0.354. The van der Waals surface area contributed by atoms with E-state index in [1.54, 1.807) is 0 Å². The van der Waals surface area contributed by atoms with Crippen molar-refractivity contribution in [2.24, 2.45) is 45.4 Å². The van der Waals surface area contributed by atoms with E-state index in [0.29, 0.717) is 29.8 Å². The molecule has 0 bridgehead atoms. The van der Waals surface area contributed by atoms with E-state index in [0.717, 1.165) is 44.4 Å². The standard InChI is InChI=1S/C24H42N2O2/c1-21(26-28)13-14-23(3)18(16-21)9-12-24(25)19-8-7-17(6-4-5-15-27)22(19,2)11-10-20(23)24/h17-20,27H,4-16,25H2,1-3H3/t17-,18?,19?,20?,21-,22+,23-,24+/m0/s1. The van der Waals surface area contributed by atoms with Gasteiger partial charge >= 0.3 is 0 Å². The molecule has 0 saturated heterocycles. The van der Waals surface area contributed by atoms with Crippen LogP contribution in [0.4, 0.5) is 0 Å². The number of fused-ring (bicyclic) bond motifs is 5. The summed E-state index contributed by atoms with van der Waals surface area (Å²) in [6.45, 7) is 7.44. The Morgan fingerprint density at radius 1 is 0.929 bits per heavy atom. The van der Waals surface area contributed by atoms with Crippen LogP contribution in [-0.2, 0) is 0 Å². The first-order valence-corrected chi connectivity index (χ1v) is 12.0. The number of aliphatic hydroxyl groups excluding tert-OH is 1. The molecule has 4 saturated carbocycles. The fourth-order valence-electron chi connectivity index (χ4n) is 8.81. The van der Waals surface area contributed by atoms with Gasteiger partial charge in [-0.25, -0.2) is 0 Å². The Morgan fingerprint density at radius 3 is 2.39 bits per heavy atom. The molecule has 4 aliphatic carbocycles. The summed E-state index contributed by atoms with van der Waals surface area (Å²) in [5.74, 6) is 2.64. The Bertz CT molecular complexity index is 611. The van der Waals surface area contributed by atoms with E-state index in [4.69, 9.17) is 5.73 Å². The van der Waals surface area contributed by atoms with Crippen LogP contribution in [0.15, 0.2) is 5.18 Å². The number of aliphatic hydroxyl groups is 1. The molecule has 0 aromatic heterocycles. The van der Waals surface area contributed by atoms with Crippen LogP contribution in [0.1, 0.15) is 97.8 Å². The van der Waals surface area contributed by atoms with Crippen molar-refractivity contribution in [3.63, 3.8) is 0 Å². The van der Waals surface area contributed by atoms with Crippen molar-refractivity contribution in [3.8, 4) is 0 Å². The van der Waals surface area contributed by atoms with Gasteiger partial charge in [-0.05, 0) is 112 Å². The van der Waals surface area contributed by atoms with Gasteiger partial charge in [-0.1, -0.05) is 25.4 Å². The molecule has 4 fully saturated rings. The van der Waals surface area contributed by atoms with Gasteiger partial charge in [0.05, 0.1) is 0 Å². The van der Waals surface area contributed by atoms with E-state index in [1.807, 2.05) is 0 Å². The topological polar surface area (TPSA) is 75.7 Å². The summed E-state index contributed by atoms with van der Waals surface area (Å²) in [5, 5.41) is 12.7. The number of nitrogens with two attached hydrogens (primary N) is 1. The molecule has 3 N–H and O–H groups in total. The number of unbranched alkanes of at least 4 members (excludes halogenated alkanes) is 1. The Morgan fingerprint density at radius 2 is 1.68 bits per heavy atom. The zero-order valence-corrected chi connectivity index (χ0v) is 18.4. The number of hydrogen-bond donors (Lipinski definition) is 2. The minimum Gasteiger partial charge on any atom is -0.396 e. The average Bonchev–Trinajstić information content (AvgIpc) is 3.01. The number of nitrogens with zero attached hydrogens (tertiary/aromatic N) is 1. The Labute approximate surface area is 171 Å². The molecule has 0 spiro atoms. The summed E-state index contributed by atoms with van der Waals surface area (Å²) < 4.78 is 0. The van der Waals surface area contributed by atoms with Gasteiger partial charge in [-0.2, -0.15) is 4.91 Å². The van der Waals surface area contributed by atoms with Crippen molar-refractivity contribution < 1.29 is 5.11 Å².